The Balaban J connectivity index is 2.35. The largest absolute Gasteiger partial charge is 0.416 e. The second-order valence-corrected chi connectivity index (χ2v) is 7.08. The summed E-state index contributed by atoms with van der Waals surface area (Å²) in [6, 6.07) is 3.35. The van der Waals surface area contributed by atoms with E-state index in [0.717, 1.165) is 17.4 Å². The van der Waals surface area contributed by atoms with E-state index in [0.29, 0.717) is 18.4 Å². The van der Waals surface area contributed by atoms with Crippen LogP contribution in [-0.2, 0) is 11.8 Å². The molecule has 0 fully saturated rings. The molecule has 1 aromatic carbocycles. The number of aldehydes is 1. The Morgan fingerprint density at radius 3 is 2.38 bits per heavy atom. The SMILES string of the molecule is Nc1nc(-c2ccc(C(F)(F)F)cc2C(F)(F)P)c2cc(C=O)sc2n1. The van der Waals surface area contributed by atoms with Crippen molar-refractivity contribution in [2.75, 3.05) is 5.73 Å². The van der Waals surface area contributed by atoms with Crippen LogP contribution in [0.4, 0.5) is 27.9 Å². The van der Waals surface area contributed by atoms with Crippen molar-refractivity contribution >= 4 is 43.0 Å². The van der Waals surface area contributed by atoms with Crippen molar-refractivity contribution in [2.45, 2.75) is 11.8 Å². The molecule has 3 rings (SSSR count). The number of halogens is 5. The van der Waals surface area contributed by atoms with Crippen LogP contribution in [0, 0.1) is 0 Å². The van der Waals surface area contributed by atoms with Crippen molar-refractivity contribution in [2.24, 2.45) is 0 Å². The normalized spacial score (nSPS) is 12.5. The molecule has 1 atom stereocenters. The van der Waals surface area contributed by atoms with E-state index in [1.807, 2.05) is 0 Å². The Labute approximate surface area is 149 Å². The van der Waals surface area contributed by atoms with Crippen LogP contribution in [0.15, 0.2) is 24.3 Å². The highest BCUT2D eigenvalue weighted by molar-refractivity contribution is 7.20. The predicted molar refractivity (Wildman–Crippen MR) is 91.3 cm³/mol. The van der Waals surface area contributed by atoms with Gasteiger partial charge in [-0.3, -0.25) is 4.79 Å². The number of hydrogen-bond acceptors (Lipinski definition) is 5. The van der Waals surface area contributed by atoms with Crippen LogP contribution in [0.2, 0.25) is 0 Å². The van der Waals surface area contributed by atoms with E-state index in [2.05, 4.69) is 9.97 Å². The molecule has 0 radical (unpaired) electrons. The Morgan fingerprint density at radius 1 is 1.12 bits per heavy atom. The number of carbonyl (C=O) groups excluding carboxylic acids is 1. The van der Waals surface area contributed by atoms with Gasteiger partial charge in [-0.25, -0.2) is 9.97 Å². The Morgan fingerprint density at radius 2 is 1.81 bits per heavy atom. The molecule has 0 amide bonds. The first kappa shape index (κ1) is 18.6. The molecule has 0 aliphatic carbocycles. The third-order valence-corrected chi connectivity index (χ3v) is 4.77. The van der Waals surface area contributed by atoms with E-state index in [1.54, 1.807) is 0 Å². The molecule has 2 aromatic heterocycles. The molecule has 2 N–H and O–H groups in total. The molecule has 0 spiro atoms. The number of anilines is 1. The highest BCUT2D eigenvalue weighted by atomic mass is 32.1. The zero-order valence-corrected chi connectivity index (χ0v) is 14.6. The second-order valence-electron chi connectivity index (χ2n) is 5.30. The number of nitrogens with zero attached hydrogens (tertiary/aromatic N) is 2. The van der Waals surface area contributed by atoms with Gasteiger partial charge in [0.2, 0.25) is 5.95 Å². The van der Waals surface area contributed by atoms with Crippen LogP contribution >= 0.6 is 20.6 Å². The first-order chi connectivity index (χ1) is 12.0. The Bertz CT molecular complexity index is 1010. The minimum atomic E-state index is -4.78. The fourth-order valence-electron chi connectivity index (χ4n) is 2.42. The van der Waals surface area contributed by atoms with Gasteiger partial charge in [0.25, 0.3) is 5.66 Å². The zero-order valence-electron chi connectivity index (χ0n) is 12.6. The molecule has 3 aromatic rings. The number of nitrogens with two attached hydrogens (primary N) is 1. The van der Waals surface area contributed by atoms with Crippen LogP contribution in [0.5, 0.6) is 0 Å². The summed E-state index contributed by atoms with van der Waals surface area (Å²) in [5, 5.41) is 0.251. The third kappa shape index (κ3) is 3.39. The molecule has 2 heterocycles. The van der Waals surface area contributed by atoms with Gasteiger partial charge in [0.05, 0.1) is 16.1 Å². The number of thiophene rings is 1. The van der Waals surface area contributed by atoms with Crippen LogP contribution in [-0.4, -0.2) is 16.3 Å². The molecular formula is C15H9F5N3OPS. The maximum absolute atomic E-state index is 14.0. The quantitative estimate of drug-likeness (QED) is 0.390. The number of carbonyl (C=O) groups is 1. The van der Waals surface area contributed by atoms with Crippen LogP contribution in [0.1, 0.15) is 20.8 Å². The van der Waals surface area contributed by atoms with Crippen molar-refractivity contribution < 1.29 is 26.7 Å². The summed E-state index contributed by atoms with van der Waals surface area (Å²) in [6.07, 6.45) is -4.24. The lowest BCUT2D eigenvalue weighted by atomic mass is 9.99. The van der Waals surface area contributed by atoms with Crippen LogP contribution in [0.3, 0.4) is 0 Å². The number of alkyl halides is 5. The predicted octanol–water partition coefficient (Wildman–Crippen LogP) is 4.70. The number of benzene rings is 1. The molecule has 0 bridgehead atoms. The number of fused-ring (bicyclic) bond motifs is 1. The second kappa shape index (κ2) is 6.21. The first-order valence-electron chi connectivity index (χ1n) is 6.91. The van der Waals surface area contributed by atoms with Gasteiger partial charge >= 0.3 is 6.18 Å². The molecule has 0 aliphatic rings. The van der Waals surface area contributed by atoms with E-state index in [9.17, 15) is 26.7 Å². The minimum absolute atomic E-state index is 0.0669. The highest BCUT2D eigenvalue weighted by Crippen LogP contribution is 2.44. The van der Waals surface area contributed by atoms with Gasteiger partial charge in [0.1, 0.15) is 4.83 Å². The van der Waals surface area contributed by atoms with Gasteiger partial charge in [0.15, 0.2) is 6.29 Å². The fourth-order valence-corrected chi connectivity index (χ4v) is 3.51. The summed E-state index contributed by atoms with van der Waals surface area (Å²) in [4.78, 5) is 19.4. The highest BCUT2D eigenvalue weighted by Gasteiger charge is 2.36. The van der Waals surface area contributed by atoms with Gasteiger partial charge in [-0.15, -0.1) is 11.3 Å². The van der Waals surface area contributed by atoms with Crippen LogP contribution in [0.25, 0.3) is 21.5 Å². The lowest BCUT2D eigenvalue weighted by Gasteiger charge is -2.18. The third-order valence-electron chi connectivity index (χ3n) is 3.51. The lowest BCUT2D eigenvalue weighted by Crippen LogP contribution is -2.11. The van der Waals surface area contributed by atoms with E-state index >= 15 is 0 Å². The fraction of sp³-hybridized carbons (Fsp3) is 0.133. The van der Waals surface area contributed by atoms with Gasteiger partial charge < -0.3 is 5.73 Å². The van der Waals surface area contributed by atoms with E-state index in [1.165, 1.54) is 15.3 Å². The average molecular weight is 405 g/mol. The molecule has 26 heavy (non-hydrogen) atoms. The molecule has 136 valence electrons. The number of hydrogen-bond donors (Lipinski definition) is 1. The Hall–Kier alpha value is -2.19. The number of nitrogen functional groups attached to an aromatic ring is 1. The summed E-state index contributed by atoms with van der Waals surface area (Å²) in [7, 11) is 1.21. The summed E-state index contributed by atoms with van der Waals surface area (Å²) in [6.45, 7) is 0. The first-order valence-corrected chi connectivity index (χ1v) is 8.31. The summed E-state index contributed by atoms with van der Waals surface area (Å²) >= 11 is 0.969. The summed E-state index contributed by atoms with van der Waals surface area (Å²) in [5.41, 5.74) is -0.440. The van der Waals surface area contributed by atoms with Crippen molar-refractivity contribution in [1.82, 2.24) is 9.97 Å². The smallest absolute Gasteiger partial charge is 0.368 e. The van der Waals surface area contributed by atoms with E-state index in [4.69, 9.17) is 5.73 Å². The molecular weight excluding hydrogens is 396 g/mol. The zero-order chi connectivity index (χ0) is 19.3. The molecule has 4 nitrogen and oxygen atoms in total. The Kier molecular flexibility index (Phi) is 4.44. The average Bonchev–Trinajstić information content (AvgIpc) is 2.94. The number of aromatic nitrogens is 2. The van der Waals surface area contributed by atoms with Crippen LogP contribution < -0.4 is 5.73 Å². The van der Waals surface area contributed by atoms with Gasteiger partial charge in [-0.2, -0.15) is 22.0 Å². The van der Waals surface area contributed by atoms with Gasteiger partial charge in [0, 0.05) is 16.5 Å². The van der Waals surface area contributed by atoms with E-state index < -0.39 is 23.0 Å². The summed E-state index contributed by atoms with van der Waals surface area (Å²) < 4.78 is 66.8. The molecule has 0 saturated carbocycles. The maximum atomic E-state index is 14.0. The molecule has 11 heteroatoms. The lowest BCUT2D eigenvalue weighted by molar-refractivity contribution is -0.137. The topological polar surface area (TPSA) is 68.9 Å². The van der Waals surface area contributed by atoms with Crippen molar-refractivity contribution in [3.05, 3.63) is 40.3 Å². The van der Waals surface area contributed by atoms with Gasteiger partial charge in [-0.1, -0.05) is 15.3 Å². The van der Waals surface area contributed by atoms with Crippen molar-refractivity contribution in [1.29, 1.82) is 0 Å². The van der Waals surface area contributed by atoms with E-state index in [-0.39, 0.29) is 32.3 Å². The molecule has 1 unspecified atom stereocenters. The minimum Gasteiger partial charge on any atom is -0.368 e. The van der Waals surface area contributed by atoms with Crippen molar-refractivity contribution in [3.8, 4) is 11.3 Å². The molecule has 0 saturated heterocycles. The summed E-state index contributed by atoms with van der Waals surface area (Å²) in [5.74, 6) is -0.246. The molecule has 0 aliphatic heterocycles. The maximum Gasteiger partial charge on any atom is 0.416 e. The van der Waals surface area contributed by atoms with Gasteiger partial charge in [-0.05, 0) is 18.2 Å². The number of rotatable bonds is 3. The standard InChI is InChI=1S/C15H9F5N3OPS/c16-14(17,18)6-1-2-8(10(3-6)15(19,20)25)11-9-4-7(5-24)26-12(9)23-13(21)22-11/h1-5H,25H2,(H2,21,22,23). The van der Waals surface area contributed by atoms with Crippen molar-refractivity contribution in [3.63, 3.8) is 0 Å². The monoisotopic (exact) mass is 405 g/mol.